The van der Waals surface area contributed by atoms with E-state index in [4.69, 9.17) is 0 Å². The number of carbonyl (C=O) groups is 3. The quantitative estimate of drug-likeness (QED) is 0.279. The molecular formula is C32H34F3N3O5S. The molecule has 0 aromatic heterocycles. The molecule has 4 N–H and O–H groups in total. The first-order chi connectivity index (χ1) is 20.7. The van der Waals surface area contributed by atoms with Gasteiger partial charge < -0.3 is 25.7 Å². The lowest BCUT2D eigenvalue weighted by Crippen LogP contribution is -2.58. The minimum Gasteiger partial charge on any atom is -0.508 e. The molecule has 1 aliphatic heterocycles. The van der Waals surface area contributed by atoms with E-state index in [2.05, 4.69) is 10.6 Å². The van der Waals surface area contributed by atoms with Gasteiger partial charge in [-0.05, 0) is 62.6 Å². The van der Waals surface area contributed by atoms with Gasteiger partial charge in [-0.25, -0.2) is 0 Å². The molecule has 4 rings (SSSR count). The Morgan fingerprint density at radius 1 is 1.02 bits per heavy atom. The third kappa shape index (κ3) is 7.54. The highest BCUT2D eigenvalue weighted by Crippen LogP contribution is 2.40. The van der Waals surface area contributed by atoms with E-state index in [1.165, 1.54) is 47.0 Å². The molecule has 44 heavy (non-hydrogen) atoms. The monoisotopic (exact) mass is 629 g/mol. The Hall–Kier alpha value is -4.03. The van der Waals surface area contributed by atoms with Crippen LogP contribution >= 0.6 is 11.8 Å². The Balaban J connectivity index is 1.55. The maximum absolute atomic E-state index is 13.8. The number of hydrogen-bond donors (Lipinski definition) is 4. The smallest absolute Gasteiger partial charge is 0.416 e. The molecule has 8 nitrogen and oxygen atoms in total. The second-order valence-corrected chi connectivity index (χ2v) is 12.8. The maximum atomic E-state index is 13.8. The van der Waals surface area contributed by atoms with Crippen molar-refractivity contribution in [2.45, 2.75) is 62.8 Å². The number of phenols is 1. The molecule has 234 valence electrons. The van der Waals surface area contributed by atoms with E-state index in [0.29, 0.717) is 5.56 Å². The van der Waals surface area contributed by atoms with Crippen LogP contribution < -0.4 is 10.6 Å². The molecule has 0 spiro atoms. The van der Waals surface area contributed by atoms with Gasteiger partial charge in [0.1, 0.15) is 11.8 Å². The molecule has 1 saturated heterocycles. The number of halogens is 3. The number of aromatic hydroxyl groups is 1. The molecule has 3 amide bonds. The zero-order valence-corrected chi connectivity index (χ0v) is 25.2. The molecule has 0 aliphatic carbocycles. The fourth-order valence-electron chi connectivity index (χ4n) is 5.12. The molecular weight excluding hydrogens is 595 g/mol. The van der Waals surface area contributed by atoms with Crippen LogP contribution in [-0.4, -0.2) is 61.6 Å². The standard InChI is InChI=1S/C32H34F3N3O5S/c1-19-23(13-8-14-25(19)39)28(41)37-24(16-20-9-5-4-6-10-20)26(40)30(43)38-18-44-31(2,3)27(38)29(42)36-17-21-11-7-12-22(15-21)32(33,34)35/h4-15,24,26-27,39-40H,16-18H2,1-3H3,(H,36,42)(H,37,41)/t24-,26-,27?/m0/s1. The highest BCUT2D eigenvalue weighted by molar-refractivity contribution is 8.00. The van der Waals surface area contributed by atoms with Crippen molar-refractivity contribution in [1.82, 2.24) is 15.5 Å². The number of benzene rings is 3. The molecule has 0 saturated carbocycles. The number of nitrogens with one attached hydrogen (secondary N) is 2. The Morgan fingerprint density at radius 2 is 1.68 bits per heavy atom. The average molecular weight is 630 g/mol. The van der Waals surface area contributed by atoms with Crippen LogP contribution in [0.1, 0.15) is 46.5 Å². The van der Waals surface area contributed by atoms with Gasteiger partial charge in [0, 0.05) is 22.4 Å². The molecule has 3 aromatic rings. The third-order valence-corrected chi connectivity index (χ3v) is 8.97. The van der Waals surface area contributed by atoms with Crippen LogP contribution in [0.3, 0.4) is 0 Å². The fourth-order valence-corrected chi connectivity index (χ4v) is 6.26. The van der Waals surface area contributed by atoms with Crippen LogP contribution in [0, 0.1) is 6.92 Å². The van der Waals surface area contributed by atoms with Crippen molar-refractivity contribution in [3.8, 4) is 5.75 Å². The summed E-state index contributed by atoms with van der Waals surface area (Å²) < 4.78 is 38.7. The van der Waals surface area contributed by atoms with Gasteiger partial charge in [0.05, 0.1) is 17.5 Å². The van der Waals surface area contributed by atoms with Crippen molar-refractivity contribution in [3.63, 3.8) is 0 Å². The highest BCUT2D eigenvalue weighted by atomic mass is 32.2. The van der Waals surface area contributed by atoms with Gasteiger partial charge in [-0.1, -0.05) is 48.5 Å². The van der Waals surface area contributed by atoms with Gasteiger partial charge >= 0.3 is 6.18 Å². The summed E-state index contributed by atoms with van der Waals surface area (Å²) in [6.45, 7) is 4.91. The van der Waals surface area contributed by atoms with Gasteiger partial charge in [0.15, 0.2) is 6.10 Å². The molecule has 0 bridgehead atoms. The molecule has 3 aromatic carbocycles. The summed E-state index contributed by atoms with van der Waals surface area (Å²) >= 11 is 1.32. The average Bonchev–Trinajstić information content (AvgIpc) is 3.31. The molecule has 1 heterocycles. The first-order valence-corrected chi connectivity index (χ1v) is 14.9. The molecule has 1 fully saturated rings. The zero-order chi connectivity index (χ0) is 32.2. The van der Waals surface area contributed by atoms with Crippen LogP contribution in [0.25, 0.3) is 0 Å². The van der Waals surface area contributed by atoms with Crippen molar-refractivity contribution in [1.29, 1.82) is 0 Å². The SMILES string of the molecule is Cc1c(O)cccc1C(=O)N[C@@H](Cc1ccccc1)[C@H](O)C(=O)N1CSC(C)(C)C1C(=O)NCc1cccc(C(F)(F)F)c1. The number of aliphatic hydroxyl groups is 1. The van der Waals surface area contributed by atoms with Crippen molar-refractivity contribution in [2.75, 3.05) is 5.88 Å². The van der Waals surface area contributed by atoms with Gasteiger partial charge in [-0.15, -0.1) is 11.8 Å². The Kier molecular flexibility index (Phi) is 9.94. The number of rotatable bonds is 9. The van der Waals surface area contributed by atoms with Gasteiger partial charge in [0.2, 0.25) is 5.91 Å². The largest absolute Gasteiger partial charge is 0.508 e. The molecule has 0 radical (unpaired) electrons. The van der Waals surface area contributed by atoms with Crippen molar-refractivity contribution < 1.29 is 37.8 Å². The molecule has 1 unspecified atom stereocenters. The number of nitrogens with zero attached hydrogens (tertiary/aromatic N) is 1. The number of carbonyl (C=O) groups excluding carboxylic acids is 3. The Labute approximate surface area is 257 Å². The van der Waals surface area contributed by atoms with Gasteiger partial charge in [-0.2, -0.15) is 13.2 Å². The summed E-state index contributed by atoms with van der Waals surface area (Å²) in [5, 5.41) is 26.9. The lowest BCUT2D eigenvalue weighted by molar-refractivity contribution is -0.147. The van der Waals surface area contributed by atoms with Gasteiger partial charge in [0.25, 0.3) is 11.8 Å². The molecule has 12 heteroatoms. The van der Waals surface area contributed by atoms with Crippen molar-refractivity contribution in [3.05, 3.63) is 101 Å². The van der Waals surface area contributed by atoms with Crippen LogP contribution in [-0.2, 0) is 28.7 Å². The van der Waals surface area contributed by atoms with Crippen LogP contribution in [0.5, 0.6) is 5.75 Å². The van der Waals surface area contributed by atoms with E-state index in [1.54, 1.807) is 51.1 Å². The predicted molar refractivity (Wildman–Crippen MR) is 161 cm³/mol. The van der Waals surface area contributed by atoms with Gasteiger partial charge in [-0.3, -0.25) is 14.4 Å². The number of thioether (sulfide) groups is 1. The number of aliphatic hydroxyl groups excluding tert-OH is 1. The van der Waals surface area contributed by atoms with Crippen molar-refractivity contribution >= 4 is 29.5 Å². The summed E-state index contributed by atoms with van der Waals surface area (Å²) in [5.41, 5.74) is 0.645. The third-order valence-electron chi connectivity index (χ3n) is 7.60. The van der Waals surface area contributed by atoms with E-state index < -0.39 is 52.4 Å². The van der Waals surface area contributed by atoms with Crippen LogP contribution in [0.4, 0.5) is 13.2 Å². The number of alkyl halides is 3. The number of amides is 3. The molecule has 1 aliphatic rings. The summed E-state index contributed by atoms with van der Waals surface area (Å²) in [6.07, 6.45) is -6.19. The van der Waals surface area contributed by atoms with Crippen LogP contribution in [0.15, 0.2) is 72.8 Å². The number of phenolic OH excluding ortho intramolecular Hbond substituents is 1. The highest BCUT2D eigenvalue weighted by Gasteiger charge is 2.49. The minimum absolute atomic E-state index is 0.0716. The fraction of sp³-hybridized carbons (Fsp3) is 0.344. The molecule has 3 atom stereocenters. The summed E-state index contributed by atoms with van der Waals surface area (Å²) in [4.78, 5) is 41.7. The normalized spacial score (nSPS) is 17.5. The summed E-state index contributed by atoms with van der Waals surface area (Å²) in [7, 11) is 0. The first-order valence-electron chi connectivity index (χ1n) is 13.9. The Morgan fingerprint density at radius 3 is 2.36 bits per heavy atom. The second-order valence-electron chi connectivity index (χ2n) is 11.2. The van der Waals surface area contributed by atoms with E-state index in [1.807, 2.05) is 0 Å². The minimum atomic E-state index is -4.53. The summed E-state index contributed by atoms with van der Waals surface area (Å²) in [6, 6.07) is 15.9. The zero-order valence-electron chi connectivity index (χ0n) is 24.4. The number of hydrogen-bond acceptors (Lipinski definition) is 6. The lowest BCUT2D eigenvalue weighted by Gasteiger charge is -2.33. The Bertz CT molecular complexity index is 1520. The predicted octanol–water partition coefficient (Wildman–Crippen LogP) is 4.42. The van der Waals surface area contributed by atoms with E-state index in [-0.39, 0.29) is 35.7 Å². The lowest BCUT2D eigenvalue weighted by atomic mass is 9.96. The summed E-state index contributed by atoms with van der Waals surface area (Å²) in [5.74, 6) is -1.97. The van der Waals surface area contributed by atoms with Crippen molar-refractivity contribution in [2.24, 2.45) is 0 Å². The van der Waals surface area contributed by atoms with Crippen LogP contribution in [0.2, 0.25) is 0 Å². The second kappa shape index (κ2) is 13.3. The van der Waals surface area contributed by atoms with E-state index >= 15 is 0 Å². The van der Waals surface area contributed by atoms with E-state index in [0.717, 1.165) is 17.7 Å². The van der Waals surface area contributed by atoms with E-state index in [9.17, 15) is 37.8 Å². The topological polar surface area (TPSA) is 119 Å². The first kappa shape index (κ1) is 32.9. The maximum Gasteiger partial charge on any atom is 0.416 e.